The lowest BCUT2D eigenvalue weighted by Crippen LogP contribution is -2.30. The zero-order chi connectivity index (χ0) is 17.3. The molecule has 24 heavy (non-hydrogen) atoms. The van der Waals surface area contributed by atoms with E-state index < -0.39 is 6.10 Å². The fourth-order valence-corrected chi connectivity index (χ4v) is 3.28. The van der Waals surface area contributed by atoms with E-state index in [1.54, 1.807) is 10.9 Å². The summed E-state index contributed by atoms with van der Waals surface area (Å²) in [7, 11) is 1.87. The molecule has 0 aromatic carbocycles. The zero-order valence-electron chi connectivity index (χ0n) is 15.1. The van der Waals surface area contributed by atoms with Gasteiger partial charge in [0.15, 0.2) is 0 Å². The molecule has 7 heteroatoms. The highest BCUT2D eigenvalue weighted by molar-refractivity contribution is 5.08. The Labute approximate surface area is 143 Å². The van der Waals surface area contributed by atoms with Crippen LogP contribution in [0.1, 0.15) is 57.4 Å². The molecule has 1 fully saturated rings. The molecule has 0 saturated carbocycles. The summed E-state index contributed by atoms with van der Waals surface area (Å²) in [4.78, 5) is 2.41. The lowest BCUT2D eigenvalue weighted by molar-refractivity contribution is 0.117. The van der Waals surface area contributed by atoms with Crippen molar-refractivity contribution in [3.8, 4) is 0 Å². The molecule has 2 atom stereocenters. The predicted octanol–water partition coefficient (Wildman–Crippen LogP) is 1.85. The van der Waals surface area contributed by atoms with Gasteiger partial charge < -0.3 is 5.11 Å². The van der Waals surface area contributed by atoms with Gasteiger partial charge in [0.1, 0.15) is 0 Å². The predicted molar refractivity (Wildman–Crippen MR) is 91.2 cm³/mol. The number of aryl methyl sites for hydroxylation is 1. The van der Waals surface area contributed by atoms with E-state index in [1.807, 2.05) is 24.1 Å². The van der Waals surface area contributed by atoms with Crippen molar-refractivity contribution in [2.24, 2.45) is 7.05 Å². The molecule has 0 aliphatic carbocycles. The number of hydrogen-bond donors (Lipinski definition) is 1. The van der Waals surface area contributed by atoms with Gasteiger partial charge in [0, 0.05) is 31.4 Å². The van der Waals surface area contributed by atoms with Gasteiger partial charge >= 0.3 is 0 Å². The molecular formula is C17H28N6O. The molecule has 1 saturated heterocycles. The van der Waals surface area contributed by atoms with Crippen molar-refractivity contribution in [2.75, 3.05) is 6.54 Å². The molecule has 2 aromatic heterocycles. The molecule has 0 spiro atoms. The quantitative estimate of drug-likeness (QED) is 0.905. The van der Waals surface area contributed by atoms with Crippen LogP contribution in [0.4, 0.5) is 0 Å². The minimum Gasteiger partial charge on any atom is -0.388 e. The molecule has 132 valence electrons. The number of nitrogens with zero attached hydrogens (tertiary/aromatic N) is 6. The maximum Gasteiger partial charge on any atom is 0.0967 e. The average molecular weight is 332 g/mol. The SMILES string of the molecule is Cn1cc([C@H](O)C[C@@H]2CCCN2Cc2cn(C(C)(C)C)nn2)cn1. The van der Waals surface area contributed by atoms with E-state index in [2.05, 4.69) is 41.1 Å². The van der Waals surface area contributed by atoms with Crippen LogP contribution in [0.2, 0.25) is 0 Å². The second kappa shape index (κ2) is 6.64. The number of likely N-dealkylation sites (tertiary alicyclic amines) is 1. The lowest BCUT2D eigenvalue weighted by atomic mass is 10.0. The lowest BCUT2D eigenvalue weighted by Gasteiger charge is -2.25. The molecule has 1 aliphatic rings. The van der Waals surface area contributed by atoms with Crippen LogP contribution in [-0.4, -0.2) is 47.4 Å². The Hall–Kier alpha value is -1.73. The number of aliphatic hydroxyl groups is 1. The van der Waals surface area contributed by atoms with Gasteiger partial charge in [-0.3, -0.25) is 9.58 Å². The van der Waals surface area contributed by atoms with Crippen molar-refractivity contribution >= 4 is 0 Å². The van der Waals surface area contributed by atoms with Gasteiger partial charge in [-0.05, 0) is 46.6 Å². The van der Waals surface area contributed by atoms with E-state index in [0.29, 0.717) is 6.04 Å². The fourth-order valence-electron chi connectivity index (χ4n) is 3.28. The largest absolute Gasteiger partial charge is 0.388 e. The molecular weight excluding hydrogens is 304 g/mol. The summed E-state index contributed by atoms with van der Waals surface area (Å²) >= 11 is 0. The Balaban J connectivity index is 1.62. The van der Waals surface area contributed by atoms with Crippen molar-refractivity contribution < 1.29 is 5.11 Å². The van der Waals surface area contributed by atoms with E-state index in [1.165, 1.54) is 0 Å². The van der Waals surface area contributed by atoms with Crippen LogP contribution < -0.4 is 0 Å². The highest BCUT2D eigenvalue weighted by atomic mass is 16.3. The van der Waals surface area contributed by atoms with Gasteiger partial charge in [0.2, 0.25) is 0 Å². The maximum atomic E-state index is 10.5. The van der Waals surface area contributed by atoms with Gasteiger partial charge in [-0.15, -0.1) is 5.10 Å². The third-order valence-electron chi connectivity index (χ3n) is 4.70. The number of rotatable bonds is 5. The van der Waals surface area contributed by atoms with Crippen molar-refractivity contribution in [3.05, 3.63) is 29.8 Å². The third kappa shape index (κ3) is 3.84. The summed E-state index contributed by atoms with van der Waals surface area (Å²) in [6.07, 6.45) is 8.22. The number of aromatic nitrogens is 5. The van der Waals surface area contributed by atoms with E-state index in [4.69, 9.17) is 0 Å². The summed E-state index contributed by atoms with van der Waals surface area (Å²) < 4.78 is 3.65. The minimum atomic E-state index is -0.463. The summed E-state index contributed by atoms with van der Waals surface area (Å²) in [6.45, 7) is 8.20. The van der Waals surface area contributed by atoms with Gasteiger partial charge in [-0.1, -0.05) is 5.21 Å². The van der Waals surface area contributed by atoms with Crippen LogP contribution in [0.25, 0.3) is 0 Å². The molecule has 0 amide bonds. The first-order valence-electron chi connectivity index (χ1n) is 8.65. The Kier molecular flexibility index (Phi) is 4.73. The van der Waals surface area contributed by atoms with Crippen LogP contribution in [0.15, 0.2) is 18.6 Å². The highest BCUT2D eigenvalue weighted by Gasteiger charge is 2.28. The highest BCUT2D eigenvalue weighted by Crippen LogP contribution is 2.28. The maximum absolute atomic E-state index is 10.5. The molecule has 0 radical (unpaired) electrons. The summed E-state index contributed by atoms with van der Waals surface area (Å²) in [5, 5.41) is 23.2. The van der Waals surface area contributed by atoms with Crippen molar-refractivity contribution in [2.45, 2.75) is 64.3 Å². The molecule has 3 heterocycles. The third-order valence-corrected chi connectivity index (χ3v) is 4.70. The number of hydrogen-bond acceptors (Lipinski definition) is 5. The van der Waals surface area contributed by atoms with Gasteiger partial charge in [-0.25, -0.2) is 4.68 Å². The second-order valence-corrected chi connectivity index (χ2v) is 7.79. The van der Waals surface area contributed by atoms with E-state index >= 15 is 0 Å². The molecule has 0 unspecified atom stereocenters. The fraction of sp³-hybridized carbons (Fsp3) is 0.706. The van der Waals surface area contributed by atoms with Gasteiger partial charge in [-0.2, -0.15) is 5.10 Å². The zero-order valence-corrected chi connectivity index (χ0v) is 15.1. The van der Waals surface area contributed by atoms with Crippen molar-refractivity contribution in [1.29, 1.82) is 0 Å². The van der Waals surface area contributed by atoms with Crippen LogP contribution in [-0.2, 0) is 19.1 Å². The monoisotopic (exact) mass is 332 g/mol. The van der Waals surface area contributed by atoms with E-state index in [0.717, 1.165) is 43.6 Å². The van der Waals surface area contributed by atoms with Crippen LogP contribution in [0, 0.1) is 0 Å². The summed E-state index contributed by atoms with van der Waals surface area (Å²) in [6, 6.07) is 0.375. The molecule has 7 nitrogen and oxygen atoms in total. The first kappa shape index (κ1) is 17.1. The van der Waals surface area contributed by atoms with Crippen LogP contribution in [0.3, 0.4) is 0 Å². The smallest absolute Gasteiger partial charge is 0.0967 e. The standard InChI is InChI=1S/C17H28N6O/c1-17(2,3)23-12-14(19-20-23)11-22-7-5-6-15(22)8-16(24)13-9-18-21(4)10-13/h9-10,12,15-16,24H,5-8,11H2,1-4H3/t15-,16+/m0/s1. The molecule has 0 bridgehead atoms. The second-order valence-electron chi connectivity index (χ2n) is 7.79. The first-order valence-corrected chi connectivity index (χ1v) is 8.65. The molecule has 1 aliphatic heterocycles. The van der Waals surface area contributed by atoms with Crippen molar-refractivity contribution in [1.82, 2.24) is 29.7 Å². The number of aliphatic hydroxyl groups excluding tert-OH is 1. The minimum absolute atomic E-state index is 0.0494. The average Bonchev–Trinajstić information content (AvgIpc) is 3.21. The summed E-state index contributed by atoms with van der Waals surface area (Å²) in [5.41, 5.74) is 1.84. The Morgan fingerprint density at radius 2 is 2.12 bits per heavy atom. The van der Waals surface area contributed by atoms with E-state index in [9.17, 15) is 5.11 Å². The van der Waals surface area contributed by atoms with Crippen molar-refractivity contribution in [3.63, 3.8) is 0 Å². The van der Waals surface area contributed by atoms with Gasteiger partial charge in [0.25, 0.3) is 0 Å². The normalized spacial score (nSPS) is 20.6. The molecule has 3 rings (SSSR count). The first-order chi connectivity index (χ1) is 11.3. The topological polar surface area (TPSA) is 72.0 Å². The van der Waals surface area contributed by atoms with Crippen LogP contribution in [0.5, 0.6) is 0 Å². The molecule has 2 aromatic rings. The van der Waals surface area contributed by atoms with Gasteiger partial charge in [0.05, 0.1) is 29.7 Å². The molecule has 1 N–H and O–H groups in total. The Bertz CT molecular complexity index is 671. The summed E-state index contributed by atoms with van der Waals surface area (Å²) in [5.74, 6) is 0. The Morgan fingerprint density at radius 1 is 1.33 bits per heavy atom. The van der Waals surface area contributed by atoms with E-state index in [-0.39, 0.29) is 5.54 Å². The van der Waals surface area contributed by atoms with Crippen LogP contribution >= 0.6 is 0 Å². The Morgan fingerprint density at radius 3 is 2.75 bits per heavy atom.